The molecule has 3 rings (SSSR count). The molecule has 0 saturated heterocycles. The Labute approximate surface area is 145 Å². The van der Waals surface area contributed by atoms with Crippen LogP contribution in [0.5, 0.6) is 5.75 Å². The Morgan fingerprint density at radius 3 is 2.28 bits per heavy atom. The summed E-state index contributed by atoms with van der Waals surface area (Å²) in [4.78, 5) is 25.2. The zero-order valence-corrected chi connectivity index (χ0v) is 13.7. The van der Waals surface area contributed by atoms with Crippen molar-refractivity contribution in [2.45, 2.75) is 12.8 Å². The van der Waals surface area contributed by atoms with Gasteiger partial charge in [0.25, 0.3) is 0 Å². The SMILES string of the molecule is COc1ccccc1NC(=O)C1(C(=O)Nc2ccc(C#N)cc2)CC1. The van der Waals surface area contributed by atoms with Gasteiger partial charge in [0.15, 0.2) is 0 Å². The summed E-state index contributed by atoms with van der Waals surface area (Å²) in [6.07, 6.45) is 0.992. The van der Waals surface area contributed by atoms with Crippen LogP contribution in [0.1, 0.15) is 18.4 Å². The van der Waals surface area contributed by atoms with Crippen molar-refractivity contribution in [3.05, 3.63) is 54.1 Å². The zero-order chi connectivity index (χ0) is 17.9. The van der Waals surface area contributed by atoms with Crippen LogP contribution in [0.3, 0.4) is 0 Å². The molecule has 2 N–H and O–H groups in total. The number of carbonyl (C=O) groups is 2. The summed E-state index contributed by atoms with van der Waals surface area (Å²) >= 11 is 0. The Hall–Kier alpha value is -3.33. The predicted molar refractivity (Wildman–Crippen MR) is 93.1 cm³/mol. The average Bonchev–Trinajstić information content (AvgIpc) is 3.45. The summed E-state index contributed by atoms with van der Waals surface area (Å²) < 4.78 is 5.22. The van der Waals surface area contributed by atoms with Gasteiger partial charge in [0, 0.05) is 5.69 Å². The number of hydrogen-bond acceptors (Lipinski definition) is 4. The fraction of sp³-hybridized carbons (Fsp3) is 0.211. The van der Waals surface area contributed by atoms with Crippen molar-refractivity contribution >= 4 is 23.2 Å². The molecule has 6 nitrogen and oxygen atoms in total. The van der Waals surface area contributed by atoms with Crippen LogP contribution in [0, 0.1) is 16.7 Å². The molecule has 1 aliphatic rings. The van der Waals surface area contributed by atoms with E-state index in [-0.39, 0.29) is 11.8 Å². The number of para-hydroxylation sites is 2. The summed E-state index contributed by atoms with van der Waals surface area (Å²) in [5.41, 5.74) is 0.537. The van der Waals surface area contributed by atoms with E-state index in [1.807, 2.05) is 6.07 Å². The fourth-order valence-electron chi connectivity index (χ4n) is 2.55. The average molecular weight is 335 g/mol. The van der Waals surface area contributed by atoms with E-state index in [0.29, 0.717) is 35.5 Å². The number of ether oxygens (including phenoxy) is 1. The van der Waals surface area contributed by atoms with Crippen LogP contribution >= 0.6 is 0 Å². The Morgan fingerprint density at radius 2 is 1.68 bits per heavy atom. The zero-order valence-electron chi connectivity index (χ0n) is 13.7. The van der Waals surface area contributed by atoms with Crippen molar-refractivity contribution in [1.29, 1.82) is 5.26 Å². The van der Waals surface area contributed by atoms with Crippen LogP contribution in [0.15, 0.2) is 48.5 Å². The minimum Gasteiger partial charge on any atom is -0.495 e. The predicted octanol–water partition coefficient (Wildman–Crippen LogP) is 2.92. The highest BCUT2D eigenvalue weighted by Gasteiger charge is 2.56. The van der Waals surface area contributed by atoms with Gasteiger partial charge in [-0.1, -0.05) is 12.1 Å². The lowest BCUT2D eigenvalue weighted by atomic mass is 10.0. The summed E-state index contributed by atoms with van der Waals surface area (Å²) in [6, 6.07) is 15.6. The summed E-state index contributed by atoms with van der Waals surface area (Å²) in [7, 11) is 1.52. The van der Waals surface area contributed by atoms with Gasteiger partial charge in [-0.15, -0.1) is 0 Å². The normalized spacial score (nSPS) is 14.1. The summed E-state index contributed by atoms with van der Waals surface area (Å²) in [6.45, 7) is 0. The van der Waals surface area contributed by atoms with Gasteiger partial charge in [-0.3, -0.25) is 9.59 Å². The van der Waals surface area contributed by atoms with Crippen molar-refractivity contribution in [3.63, 3.8) is 0 Å². The number of methoxy groups -OCH3 is 1. The largest absolute Gasteiger partial charge is 0.495 e. The molecule has 1 aliphatic carbocycles. The highest BCUT2D eigenvalue weighted by Crippen LogP contribution is 2.47. The molecule has 0 spiro atoms. The van der Waals surface area contributed by atoms with E-state index in [0.717, 1.165) is 0 Å². The van der Waals surface area contributed by atoms with Crippen LogP contribution in [0.2, 0.25) is 0 Å². The smallest absolute Gasteiger partial charge is 0.240 e. The first-order valence-corrected chi connectivity index (χ1v) is 7.85. The molecule has 2 amide bonds. The maximum absolute atomic E-state index is 12.6. The molecule has 2 aromatic carbocycles. The number of nitriles is 1. The molecule has 0 bridgehead atoms. The van der Waals surface area contributed by atoms with Crippen LogP contribution in [-0.2, 0) is 9.59 Å². The minimum atomic E-state index is -1.06. The number of rotatable bonds is 5. The number of amides is 2. The van der Waals surface area contributed by atoms with Crippen molar-refractivity contribution in [3.8, 4) is 11.8 Å². The van der Waals surface area contributed by atoms with Crippen LogP contribution in [0.25, 0.3) is 0 Å². The van der Waals surface area contributed by atoms with Gasteiger partial charge >= 0.3 is 0 Å². The summed E-state index contributed by atoms with van der Waals surface area (Å²) in [5.74, 6) is -0.146. The molecule has 2 aromatic rings. The van der Waals surface area contributed by atoms with Crippen molar-refractivity contribution in [1.82, 2.24) is 0 Å². The maximum atomic E-state index is 12.6. The number of hydrogen-bond donors (Lipinski definition) is 2. The second kappa shape index (κ2) is 6.65. The molecular formula is C19H17N3O3. The highest BCUT2D eigenvalue weighted by atomic mass is 16.5. The molecular weight excluding hydrogens is 318 g/mol. The Balaban J connectivity index is 1.71. The van der Waals surface area contributed by atoms with Crippen LogP contribution in [0.4, 0.5) is 11.4 Å². The lowest BCUT2D eigenvalue weighted by molar-refractivity contribution is -0.131. The van der Waals surface area contributed by atoms with Gasteiger partial charge in [0.05, 0.1) is 24.4 Å². The first-order valence-electron chi connectivity index (χ1n) is 7.85. The molecule has 0 aromatic heterocycles. The second-order valence-electron chi connectivity index (χ2n) is 5.88. The van der Waals surface area contributed by atoms with E-state index in [1.165, 1.54) is 7.11 Å². The number of nitrogens with one attached hydrogen (secondary N) is 2. The van der Waals surface area contributed by atoms with E-state index in [9.17, 15) is 9.59 Å². The number of nitrogens with zero attached hydrogens (tertiary/aromatic N) is 1. The first kappa shape index (κ1) is 16.5. The van der Waals surface area contributed by atoms with E-state index in [4.69, 9.17) is 10.00 Å². The lowest BCUT2D eigenvalue weighted by Crippen LogP contribution is -2.35. The van der Waals surface area contributed by atoms with Gasteiger partial charge in [-0.2, -0.15) is 5.26 Å². The van der Waals surface area contributed by atoms with Gasteiger partial charge in [0.1, 0.15) is 11.2 Å². The van der Waals surface area contributed by atoms with E-state index in [2.05, 4.69) is 10.6 Å². The van der Waals surface area contributed by atoms with Crippen molar-refractivity contribution in [2.24, 2.45) is 5.41 Å². The number of carbonyl (C=O) groups excluding carboxylic acids is 2. The third kappa shape index (κ3) is 3.31. The van der Waals surface area contributed by atoms with E-state index < -0.39 is 5.41 Å². The monoisotopic (exact) mass is 335 g/mol. The first-order chi connectivity index (χ1) is 12.1. The molecule has 0 radical (unpaired) electrons. The number of anilines is 2. The summed E-state index contributed by atoms with van der Waals surface area (Å²) in [5, 5.41) is 14.3. The minimum absolute atomic E-state index is 0.343. The standard InChI is InChI=1S/C19H17N3O3/c1-25-16-5-3-2-4-15(16)22-18(24)19(10-11-19)17(23)21-14-8-6-13(12-20)7-9-14/h2-9H,10-11H2,1H3,(H,21,23)(H,22,24). The maximum Gasteiger partial charge on any atom is 0.240 e. The van der Waals surface area contributed by atoms with Crippen LogP contribution < -0.4 is 15.4 Å². The molecule has 0 heterocycles. The van der Waals surface area contributed by atoms with E-state index >= 15 is 0 Å². The topological polar surface area (TPSA) is 91.2 Å². The molecule has 6 heteroatoms. The molecule has 0 unspecified atom stereocenters. The Bertz CT molecular complexity index is 849. The number of benzene rings is 2. The highest BCUT2D eigenvalue weighted by molar-refractivity contribution is 6.17. The molecule has 0 aliphatic heterocycles. The van der Waals surface area contributed by atoms with Crippen molar-refractivity contribution < 1.29 is 14.3 Å². The molecule has 1 fully saturated rings. The van der Waals surface area contributed by atoms with E-state index in [1.54, 1.807) is 48.5 Å². The Kier molecular flexibility index (Phi) is 4.40. The van der Waals surface area contributed by atoms with Gasteiger partial charge in [0.2, 0.25) is 11.8 Å². The lowest BCUT2D eigenvalue weighted by Gasteiger charge is -2.16. The second-order valence-corrected chi connectivity index (χ2v) is 5.88. The third-order valence-electron chi connectivity index (χ3n) is 4.25. The Morgan fingerprint density at radius 1 is 1.04 bits per heavy atom. The molecule has 1 saturated carbocycles. The van der Waals surface area contributed by atoms with Gasteiger partial charge < -0.3 is 15.4 Å². The molecule has 126 valence electrons. The molecule has 25 heavy (non-hydrogen) atoms. The van der Waals surface area contributed by atoms with Gasteiger partial charge in [-0.05, 0) is 49.2 Å². The van der Waals surface area contributed by atoms with Crippen LogP contribution in [-0.4, -0.2) is 18.9 Å². The molecule has 0 atom stereocenters. The quantitative estimate of drug-likeness (QED) is 0.822. The van der Waals surface area contributed by atoms with Gasteiger partial charge in [-0.25, -0.2) is 0 Å². The third-order valence-corrected chi connectivity index (χ3v) is 4.25. The fourth-order valence-corrected chi connectivity index (χ4v) is 2.55. The van der Waals surface area contributed by atoms with Crippen molar-refractivity contribution in [2.75, 3.05) is 17.7 Å².